The average molecular weight is 314 g/mol. The maximum atomic E-state index is 12.8. The van der Waals surface area contributed by atoms with E-state index < -0.39 is 22.8 Å². The molecule has 0 aromatic rings. The van der Waals surface area contributed by atoms with Gasteiger partial charge in [0.15, 0.2) is 5.41 Å². The fourth-order valence-electron chi connectivity index (χ4n) is 2.79. The average Bonchev–Trinajstić information content (AvgIpc) is 2.38. The molecule has 0 heterocycles. The number of carboxylic acid groups (broad SMARTS) is 1. The zero-order valence-electron chi connectivity index (χ0n) is 15.4. The van der Waals surface area contributed by atoms with E-state index in [4.69, 9.17) is 4.74 Å². The topological polar surface area (TPSA) is 63.6 Å². The molecule has 0 fully saturated rings. The van der Waals surface area contributed by atoms with Crippen molar-refractivity contribution in [3.8, 4) is 0 Å². The molecule has 0 aromatic carbocycles. The van der Waals surface area contributed by atoms with Gasteiger partial charge in [-0.25, -0.2) is 0 Å². The van der Waals surface area contributed by atoms with Crippen LogP contribution in [0, 0.1) is 16.7 Å². The Balaban J connectivity index is 5.31. The molecule has 0 bridgehead atoms. The van der Waals surface area contributed by atoms with Crippen molar-refractivity contribution in [1.29, 1.82) is 0 Å². The molecule has 0 aromatic heterocycles. The lowest BCUT2D eigenvalue weighted by Gasteiger charge is -2.39. The molecule has 0 saturated heterocycles. The van der Waals surface area contributed by atoms with Gasteiger partial charge in [0.25, 0.3) is 0 Å². The van der Waals surface area contributed by atoms with E-state index in [2.05, 4.69) is 13.8 Å². The summed E-state index contributed by atoms with van der Waals surface area (Å²) in [5.41, 5.74) is -2.17. The molecule has 0 radical (unpaired) electrons. The van der Waals surface area contributed by atoms with Crippen molar-refractivity contribution in [2.45, 2.75) is 86.7 Å². The second kappa shape index (κ2) is 8.54. The van der Waals surface area contributed by atoms with Crippen LogP contribution in [0.2, 0.25) is 0 Å². The summed E-state index contributed by atoms with van der Waals surface area (Å²) < 4.78 is 5.64. The lowest BCUT2D eigenvalue weighted by Crippen LogP contribution is -2.51. The van der Waals surface area contributed by atoms with E-state index in [0.29, 0.717) is 25.2 Å². The van der Waals surface area contributed by atoms with Crippen LogP contribution in [0.5, 0.6) is 0 Å². The van der Waals surface area contributed by atoms with Crippen LogP contribution in [0.3, 0.4) is 0 Å². The van der Waals surface area contributed by atoms with E-state index in [9.17, 15) is 14.7 Å². The maximum Gasteiger partial charge on any atom is 0.324 e. The lowest BCUT2D eigenvalue weighted by molar-refractivity contribution is -0.183. The van der Waals surface area contributed by atoms with Crippen molar-refractivity contribution < 1.29 is 19.4 Å². The Labute approximate surface area is 135 Å². The Morgan fingerprint density at radius 1 is 1.09 bits per heavy atom. The molecule has 22 heavy (non-hydrogen) atoms. The standard InChI is InChI=1S/C18H34O4/c1-8-12-18(15(19)20,17(5,6)7)16(21)22-14(9-2)11-10-13(3)4/h13-14H,8-12H2,1-7H3,(H,19,20). The Hall–Kier alpha value is -1.06. The molecular formula is C18H34O4. The summed E-state index contributed by atoms with van der Waals surface area (Å²) in [7, 11) is 0. The summed E-state index contributed by atoms with van der Waals surface area (Å²) in [5, 5.41) is 9.76. The van der Waals surface area contributed by atoms with Crippen LogP contribution >= 0.6 is 0 Å². The van der Waals surface area contributed by atoms with Gasteiger partial charge in [-0.15, -0.1) is 0 Å². The number of carbonyl (C=O) groups is 2. The van der Waals surface area contributed by atoms with Crippen molar-refractivity contribution in [3.05, 3.63) is 0 Å². The van der Waals surface area contributed by atoms with E-state index in [0.717, 1.165) is 12.8 Å². The third-order valence-electron chi connectivity index (χ3n) is 4.41. The Morgan fingerprint density at radius 3 is 1.95 bits per heavy atom. The summed E-state index contributed by atoms with van der Waals surface area (Å²) in [6.45, 7) is 13.5. The lowest BCUT2D eigenvalue weighted by atomic mass is 9.64. The fraction of sp³-hybridized carbons (Fsp3) is 0.889. The van der Waals surface area contributed by atoms with Gasteiger partial charge >= 0.3 is 11.9 Å². The van der Waals surface area contributed by atoms with Gasteiger partial charge in [-0.05, 0) is 37.0 Å². The zero-order chi connectivity index (χ0) is 17.6. The van der Waals surface area contributed by atoms with Crippen LogP contribution in [0.15, 0.2) is 0 Å². The van der Waals surface area contributed by atoms with Gasteiger partial charge in [0, 0.05) is 0 Å². The first-order valence-corrected chi connectivity index (χ1v) is 8.47. The monoisotopic (exact) mass is 314 g/mol. The van der Waals surface area contributed by atoms with Crippen LogP contribution in [0.1, 0.15) is 80.6 Å². The van der Waals surface area contributed by atoms with E-state index >= 15 is 0 Å². The molecule has 0 spiro atoms. The molecule has 4 nitrogen and oxygen atoms in total. The molecule has 0 aliphatic carbocycles. The molecule has 4 heteroatoms. The highest BCUT2D eigenvalue weighted by atomic mass is 16.5. The normalized spacial score (nSPS) is 16.2. The third-order valence-corrected chi connectivity index (χ3v) is 4.41. The molecule has 2 atom stereocenters. The SMILES string of the molecule is CCCC(C(=O)O)(C(=O)OC(CC)CCC(C)C)C(C)(C)C. The van der Waals surface area contributed by atoms with Gasteiger partial charge in [0.05, 0.1) is 0 Å². The third kappa shape index (κ3) is 4.99. The molecule has 0 aliphatic heterocycles. The van der Waals surface area contributed by atoms with Crippen LogP contribution in [-0.2, 0) is 14.3 Å². The molecule has 0 amide bonds. The first-order chi connectivity index (χ1) is 10.0. The fourth-order valence-corrected chi connectivity index (χ4v) is 2.79. The van der Waals surface area contributed by atoms with Crippen molar-refractivity contribution >= 4 is 11.9 Å². The number of aliphatic carboxylic acids is 1. The molecule has 2 unspecified atom stereocenters. The summed E-state index contributed by atoms with van der Waals surface area (Å²) >= 11 is 0. The molecule has 0 rings (SSSR count). The minimum absolute atomic E-state index is 0.201. The highest BCUT2D eigenvalue weighted by Crippen LogP contribution is 2.44. The van der Waals surface area contributed by atoms with Gasteiger partial charge in [0.2, 0.25) is 0 Å². The van der Waals surface area contributed by atoms with E-state index in [-0.39, 0.29) is 6.10 Å². The minimum Gasteiger partial charge on any atom is -0.480 e. The Morgan fingerprint density at radius 2 is 1.64 bits per heavy atom. The second-order valence-electron chi connectivity index (χ2n) is 7.62. The Bertz CT molecular complexity index is 368. The predicted octanol–water partition coefficient (Wildman–Crippen LogP) is 4.66. The number of carboxylic acids is 1. The number of esters is 1. The highest BCUT2D eigenvalue weighted by Gasteiger charge is 2.56. The van der Waals surface area contributed by atoms with Crippen LogP contribution < -0.4 is 0 Å². The van der Waals surface area contributed by atoms with Gasteiger partial charge in [-0.2, -0.15) is 0 Å². The van der Waals surface area contributed by atoms with Crippen LogP contribution in [-0.4, -0.2) is 23.1 Å². The first kappa shape index (κ1) is 20.9. The zero-order valence-corrected chi connectivity index (χ0v) is 15.4. The smallest absolute Gasteiger partial charge is 0.324 e. The van der Waals surface area contributed by atoms with Crippen molar-refractivity contribution in [2.75, 3.05) is 0 Å². The number of rotatable bonds is 9. The van der Waals surface area contributed by atoms with Gasteiger partial charge in [-0.1, -0.05) is 54.9 Å². The highest BCUT2D eigenvalue weighted by molar-refractivity contribution is 6.00. The number of hydrogen-bond acceptors (Lipinski definition) is 3. The molecule has 130 valence electrons. The minimum atomic E-state index is -1.48. The number of carbonyl (C=O) groups excluding carboxylic acids is 1. The van der Waals surface area contributed by atoms with Crippen molar-refractivity contribution in [3.63, 3.8) is 0 Å². The van der Waals surface area contributed by atoms with E-state index in [1.165, 1.54) is 0 Å². The molecular weight excluding hydrogens is 280 g/mol. The van der Waals surface area contributed by atoms with E-state index in [1.807, 2.05) is 13.8 Å². The molecule has 0 aliphatic rings. The summed E-state index contributed by atoms with van der Waals surface area (Å²) in [4.78, 5) is 24.7. The van der Waals surface area contributed by atoms with Crippen molar-refractivity contribution in [1.82, 2.24) is 0 Å². The first-order valence-electron chi connectivity index (χ1n) is 8.47. The number of hydrogen-bond donors (Lipinski definition) is 1. The van der Waals surface area contributed by atoms with Gasteiger partial charge in [0.1, 0.15) is 6.10 Å². The summed E-state index contributed by atoms with van der Waals surface area (Å²) in [5.74, 6) is -1.12. The summed E-state index contributed by atoms with van der Waals surface area (Å²) in [6.07, 6.45) is 3.19. The van der Waals surface area contributed by atoms with Gasteiger partial charge < -0.3 is 9.84 Å². The molecule has 0 saturated carbocycles. The largest absolute Gasteiger partial charge is 0.480 e. The predicted molar refractivity (Wildman–Crippen MR) is 88.7 cm³/mol. The summed E-state index contributed by atoms with van der Waals surface area (Å²) in [6, 6.07) is 0. The van der Waals surface area contributed by atoms with Crippen LogP contribution in [0.4, 0.5) is 0 Å². The van der Waals surface area contributed by atoms with Crippen molar-refractivity contribution in [2.24, 2.45) is 16.7 Å². The van der Waals surface area contributed by atoms with Crippen LogP contribution in [0.25, 0.3) is 0 Å². The number of ether oxygens (including phenoxy) is 1. The Kier molecular flexibility index (Phi) is 8.13. The second-order valence-corrected chi connectivity index (χ2v) is 7.62. The maximum absolute atomic E-state index is 12.8. The van der Waals surface area contributed by atoms with Gasteiger partial charge in [-0.3, -0.25) is 9.59 Å². The molecule has 1 N–H and O–H groups in total. The van der Waals surface area contributed by atoms with E-state index in [1.54, 1.807) is 20.8 Å². The quantitative estimate of drug-likeness (QED) is 0.496.